The molecule has 0 aromatic heterocycles. The highest BCUT2D eigenvalue weighted by molar-refractivity contribution is 5.02. The second kappa shape index (κ2) is 6.73. The minimum absolute atomic E-state index is 0.105. The van der Waals surface area contributed by atoms with E-state index in [-0.39, 0.29) is 43.2 Å². The Hall–Kier alpha value is -0.160. The maximum absolute atomic E-state index is 10.1. The van der Waals surface area contributed by atoms with Crippen LogP contribution < -0.4 is 0 Å². The van der Waals surface area contributed by atoms with Gasteiger partial charge in [-0.05, 0) is 56.8 Å². The van der Waals surface area contributed by atoms with Crippen LogP contribution in [0.4, 0.5) is 0 Å². The van der Waals surface area contributed by atoms with Crippen molar-refractivity contribution in [3.05, 3.63) is 0 Å². The van der Waals surface area contributed by atoms with E-state index >= 15 is 0 Å². The second-order valence-electron chi connectivity index (χ2n) is 7.15. The number of hydrogen-bond donors (Lipinski definition) is 4. The lowest BCUT2D eigenvalue weighted by Crippen LogP contribution is -2.52. The Labute approximate surface area is 121 Å². The molecule has 118 valence electrons. The first-order valence-corrected chi connectivity index (χ1v) is 8.09. The van der Waals surface area contributed by atoms with Gasteiger partial charge in [-0.2, -0.15) is 0 Å². The van der Waals surface area contributed by atoms with Crippen molar-refractivity contribution in [3.63, 3.8) is 0 Å². The zero-order valence-electron chi connectivity index (χ0n) is 12.4. The number of aliphatic hydroxyl groups excluding tert-OH is 4. The van der Waals surface area contributed by atoms with Crippen LogP contribution in [0.2, 0.25) is 0 Å². The van der Waals surface area contributed by atoms with Gasteiger partial charge in [0.05, 0.1) is 0 Å². The molecule has 2 aliphatic carbocycles. The van der Waals surface area contributed by atoms with Crippen molar-refractivity contribution in [3.8, 4) is 0 Å². The molecule has 2 rings (SSSR count). The first-order chi connectivity index (χ1) is 9.65. The van der Waals surface area contributed by atoms with E-state index in [0.29, 0.717) is 5.92 Å². The first kappa shape index (κ1) is 16.2. The van der Waals surface area contributed by atoms with E-state index in [1.54, 1.807) is 0 Å². The van der Waals surface area contributed by atoms with Gasteiger partial charge in [0.15, 0.2) is 0 Å². The maximum Gasteiger partial charge on any atom is 0.0493 e. The molecule has 2 atom stereocenters. The first-order valence-electron chi connectivity index (χ1n) is 8.09. The van der Waals surface area contributed by atoms with Gasteiger partial charge in [-0.1, -0.05) is 6.42 Å². The summed E-state index contributed by atoms with van der Waals surface area (Å²) >= 11 is 0. The standard InChI is InChI=1S/C16H30O4/c17-9-13-3-6-15(11-19,7-4-13)16(12-20)5-1-2-14(8-16)10-18/h13-14,17-20H,1-12H2. The van der Waals surface area contributed by atoms with Crippen molar-refractivity contribution in [2.45, 2.75) is 51.4 Å². The molecule has 0 aliphatic heterocycles. The van der Waals surface area contributed by atoms with Crippen molar-refractivity contribution in [2.75, 3.05) is 26.4 Å². The van der Waals surface area contributed by atoms with Gasteiger partial charge in [-0.15, -0.1) is 0 Å². The minimum Gasteiger partial charge on any atom is -0.396 e. The summed E-state index contributed by atoms with van der Waals surface area (Å²) in [6.07, 6.45) is 7.46. The predicted octanol–water partition coefficient (Wildman–Crippen LogP) is 1.31. The van der Waals surface area contributed by atoms with Crippen LogP contribution in [0.15, 0.2) is 0 Å². The molecular formula is C16H30O4. The second-order valence-corrected chi connectivity index (χ2v) is 7.15. The van der Waals surface area contributed by atoms with Gasteiger partial charge >= 0.3 is 0 Å². The Balaban J connectivity index is 2.18. The largest absolute Gasteiger partial charge is 0.396 e. The molecule has 2 unspecified atom stereocenters. The lowest BCUT2D eigenvalue weighted by molar-refractivity contribution is -0.122. The number of hydrogen-bond acceptors (Lipinski definition) is 4. The van der Waals surface area contributed by atoms with Crippen molar-refractivity contribution in [1.82, 2.24) is 0 Å². The van der Waals surface area contributed by atoms with Crippen molar-refractivity contribution in [1.29, 1.82) is 0 Å². The third-order valence-corrected chi connectivity index (χ3v) is 6.26. The van der Waals surface area contributed by atoms with Crippen LogP contribution in [0.5, 0.6) is 0 Å². The van der Waals surface area contributed by atoms with E-state index in [9.17, 15) is 20.4 Å². The molecule has 4 N–H and O–H groups in total. The number of aliphatic hydroxyl groups is 4. The van der Waals surface area contributed by atoms with E-state index in [1.807, 2.05) is 0 Å². The molecule has 0 radical (unpaired) electrons. The van der Waals surface area contributed by atoms with Gasteiger partial charge in [0.1, 0.15) is 0 Å². The average Bonchev–Trinajstić information content (AvgIpc) is 2.54. The van der Waals surface area contributed by atoms with Gasteiger partial charge in [-0.3, -0.25) is 0 Å². The highest BCUT2D eigenvalue weighted by Crippen LogP contribution is 2.57. The van der Waals surface area contributed by atoms with Crippen molar-refractivity contribution < 1.29 is 20.4 Å². The molecule has 4 heteroatoms. The molecule has 0 amide bonds. The fourth-order valence-electron chi connectivity index (χ4n) is 4.70. The van der Waals surface area contributed by atoms with Crippen LogP contribution in [0.1, 0.15) is 51.4 Å². The summed E-state index contributed by atoms with van der Waals surface area (Å²) in [7, 11) is 0. The van der Waals surface area contributed by atoms with Crippen LogP contribution in [0.25, 0.3) is 0 Å². The van der Waals surface area contributed by atoms with Gasteiger partial charge in [0.2, 0.25) is 0 Å². The lowest BCUT2D eigenvalue weighted by atomic mass is 9.50. The number of rotatable bonds is 5. The molecule has 2 fully saturated rings. The van der Waals surface area contributed by atoms with Gasteiger partial charge in [0.25, 0.3) is 0 Å². The molecule has 0 heterocycles. The highest BCUT2D eigenvalue weighted by Gasteiger charge is 2.53. The third-order valence-electron chi connectivity index (χ3n) is 6.26. The minimum atomic E-state index is -0.242. The molecule has 2 saturated carbocycles. The Morgan fingerprint density at radius 1 is 0.700 bits per heavy atom. The maximum atomic E-state index is 10.1. The molecule has 0 bridgehead atoms. The molecule has 20 heavy (non-hydrogen) atoms. The highest BCUT2D eigenvalue weighted by atomic mass is 16.3. The Kier molecular flexibility index (Phi) is 5.46. The third kappa shape index (κ3) is 2.76. The van der Waals surface area contributed by atoms with Crippen molar-refractivity contribution >= 4 is 0 Å². The van der Waals surface area contributed by atoms with E-state index in [1.165, 1.54) is 0 Å². The fraction of sp³-hybridized carbons (Fsp3) is 1.00. The van der Waals surface area contributed by atoms with Crippen molar-refractivity contribution in [2.24, 2.45) is 22.7 Å². The quantitative estimate of drug-likeness (QED) is 0.614. The molecular weight excluding hydrogens is 256 g/mol. The van der Waals surface area contributed by atoms with Crippen LogP contribution in [-0.4, -0.2) is 46.9 Å². The summed E-state index contributed by atoms with van der Waals surface area (Å²) in [5, 5.41) is 38.9. The van der Waals surface area contributed by atoms with Crippen LogP contribution in [0, 0.1) is 22.7 Å². The van der Waals surface area contributed by atoms with Gasteiger partial charge in [0, 0.05) is 37.3 Å². The summed E-state index contributed by atoms with van der Waals surface area (Å²) in [4.78, 5) is 0. The predicted molar refractivity (Wildman–Crippen MR) is 77.1 cm³/mol. The molecule has 0 spiro atoms. The zero-order chi connectivity index (χ0) is 14.6. The summed E-state index contributed by atoms with van der Waals surface area (Å²) in [5.74, 6) is 0.609. The molecule has 4 nitrogen and oxygen atoms in total. The SMILES string of the molecule is OCC1CCC(CO)(C2(CO)CCCC(CO)C2)CC1. The van der Waals surface area contributed by atoms with Gasteiger partial charge < -0.3 is 20.4 Å². The fourth-order valence-corrected chi connectivity index (χ4v) is 4.70. The zero-order valence-corrected chi connectivity index (χ0v) is 12.4. The van der Waals surface area contributed by atoms with Crippen LogP contribution in [0.3, 0.4) is 0 Å². The molecule has 0 saturated heterocycles. The molecule has 0 aromatic carbocycles. The normalized spacial score (nSPS) is 42.6. The van der Waals surface area contributed by atoms with E-state index in [2.05, 4.69) is 0 Å². The average molecular weight is 286 g/mol. The van der Waals surface area contributed by atoms with E-state index < -0.39 is 0 Å². The Bertz CT molecular complexity index is 299. The molecule has 0 aromatic rings. The lowest BCUT2D eigenvalue weighted by Gasteiger charge is -2.55. The van der Waals surface area contributed by atoms with Gasteiger partial charge in [-0.25, -0.2) is 0 Å². The Morgan fingerprint density at radius 2 is 1.30 bits per heavy atom. The Morgan fingerprint density at radius 3 is 1.80 bits per heavy atom. The monoisotopic (exact) mass is 286 g/mol. The summed E-state index contributed by atoms with van der Waals surface area (Å²) < 4.78 is 0. The van der Waals surface area contributed by atoms with Crippen LogP contribution >= 0.6 is 0 Å². The smallest absolute Gasteiger partial charge is 0.0493 e. The molecule has 2 aliphatic rings. The summed E-state index contributed by atoms with van der Waals surface area (Å²) in [5.41, 5.74) is -0.463. The summed E-state index contributed by atoms with van der Waals surface area (Å²) in [6.45, 7) is 0.632. The summed E-state index contributed by atoms with van der Waals surface area (Å²) in [6, 6.07) is 0. The van der Waals surface area contributed by atoms with E-state index in [0.717, 1.165) is 51.4 Å². The topological polar surface area (TPSA) is 80.9 Å². The van der Waals surface area contributed by atoms with Crippen LogP contribution in [-0.2, 0) is 0 Å². The van der Waals surface area contributed by atoms with E-state index in [4.69, 9.17) is 0 Å².